The minimum absolute atomic E-state index is 0.0895. The van der Waals surface area contributed by atoms with E-state index < -0.39 is 0 Å². The second-order valence-electron chi connectivity index (χ2n) is 3.05. The van der Waals surface area contributed by atoms with Crippen molar-refractivity contribution in [3.05, 3.63) is 12.2 Å². The van der Waals surface area contributed by atoms with Gasteiger partial charge in [0, 0.05) is 6.54 Å². The van der Waals surface area contributed by atoms with Crippen molar-refractivity contribution in [2.75, 3.05) is 19.8 Å². The van der Waals surface area contributed by atoms with E-state index in [2.05, 4.69) is 11.9 Å². The lowest BCUT2D eigenvalue weighted by Gasteiger charge is -2.13. The first-order valence-corrected chi connectivity index (χ1v) is 3.83. The minimum atomic E-state index is -0.352. The van der Waals surface area contributed by atoms with Crippen LogP contribution in [0.15, 0.2) is 12.2 Å². The third-order valence-electron chi connectivity index (χ3n) is 1.72. The van der Waals surface area contributed by atoms with Crippen molar-refractivity contribution in [2.45, 2.75) is 19.1 Å². The third kappa shape index (κ3) is 2.61. The first-order chi connectivity index (χ1) is 5.20. The Kier molecular flexibility index (Phi) is 3.05. The molecular formula is C8H15NO2. The van der Waals surface area contributed by atoms with Gasteiger partial charge in [-0.05, 0) is 6.92 Å². The lowest BCUT2D eigenvalue weighted by atomic mass is 10.2. The molecule has 1 rings (SSSR count). The molecule has 0 aromatic rings. The predicted molar refractivity (Wildman–Crippen MR) is 43.4 cm³/mol. The first-order valence-electron chi connectivity index (χ1n) is 3.83. The molecule has 0 aromatic heterocycles. The van der Waals surface area contributed by atoms with Crippen molar-refractivity contribution in [1.82, 2.24) is 5.32 Å². The molecule has 11 heavy (non-hydrogen) atoms. The van der Waals surface area contributed by atoms with Crippen molar-refractivity contribution in [3.63, 3.8) is 0 Å². The van der Waals surface area contributed by atoms with Crippen LogP contribution in [0.1, 0.15) is 6.92 Å². The Balaban J connectivity index is 2.20. The van der Waals surface area contributed by atoms with Gasteiger partial charge in [0.2, 0.25) is 0 Å². The van der Waals surface area contributed by atoms with Crippen molar-refractivity contribution in [3.8, 4) is 0 Å². The number of aliphatic hydroxyl groups excluding tert-OH is 1. The summed E-state index contributed by atoms with van der Waals surface area (Å²) < 4.78 is 5.06. The average molecular weight is 157 g/mol. The standard InChI is InChI=1S/C8H15NO2/c1-6(2)3-9-7-4-11-5-8(7)10/h7-10H,1,3-5H2,2H3. The largest absolute Gasteiger partial charge is 0.389 e. The Morgan fingerprint density at radius 3 is 2.91 bits per heavy atom. The molecule has 0 aromatic carbocycles. The lowest BCUT2D eigenvalue weighted by molar-refractivity contribution is 0.122. The Labute approximate surface area is 67.1 Å². The Morgan fingerprint density at radius 2 is 2.45 bits per heavy atom. The van der Waals surface area contributed by atoms with E-state index in [9.17, 15) is 5.11 Å². The fourth-order valence-electron chi connectivity index (χ4n) is 1.04. The molecule has 2 N–H and O–H groups in total. The highest BCUT2D eigenvalue weighted by molar-refractivity contribution is 4.93. The fraction of sp³-hybridized carbons (Fsp3) is 0.750. The Hall–Kier alpha value is -0.380. The van der Waals surface area contributed by atoms with Crippen molar-refractivity contribution in [1.29, 1.82) is 0 Å². The van der Waals surface area contributed by atoms with Gasteiger partial charge in [-0.1, -0.05) is 12.2 Å². The first kappa shape index (κ1) is 8.71. The van der Waals surface area contributed by atoms with Gasteiger partial charge < -0.3 is 15.2 Å². The van der Waals surface area contributed by atoms with Crippen molar-refractivity contribution < 1.29 is 9.84 Å². The molecule has 0 saturated carbocycles. The van der Waals surface area contributed by atoms with Crippen LogP contribution < -0.4 is 5.32 Å². The van der Waals surface area contributed by atoms with E-state index in [0.717, 1.165) is 12.1 Å². The van der Waals surface area contributed by atoms with E-state index in [4.69, 9.17) is 4.74 Å². The minimum Gasteiger partial charge on any atom is -0.389 e. The number of aliphatic hydroxyl groups is 1. The topological polar surface area (TPSA) is 41.5 Å². The molecule has 0 bridgehead atoms. The third-order valence-corrected chi connectivity index (χ3v) is 1.72. The molecule has 2 unspecified atom stereocenters. The molecule has 1 fully saturated rings. The molecule has 3 nitrogen and oxygen atoms in total. The highest BCUT2D eigenvalue weighted by Crippen LogP contribution is 2.04. The van der Waals surface area contributed by atoms with Crippen LogP contribution in [0.2, 0.25) is 0 Å². The van der Waals surface area contributed by atoms with E-state index in [1.807, 2.05) is 6.92 Å². The van der Waals surface area contributed by atoms with Crippen molar-refractivity contribution >= 4 is 0 Å². The zero-order valence-electron chi connectivity index (χ0n) is 6.84. The zero-order chi connectivity index (χ0) is 8.27. The molecule has 1 aliphatic heterocycles. The molecule has 0 radical (unpaired) electrons. The molecule has 3 heteroatoms. The number of rotatable bonds is 3. The molecule has 64 valence electrons. The number of ether oxygens (including phenoxy) is 1. The molecule has 0 amide bonds. The fourth-order valence-corrected chi connectivity index (χ4v) is 1.04. The molecule has 1 heterocycles. The van der Waals surface area contributed by atoms with Gasteiger partial charge >= 0.3 is 0 Å². The summed E-state index contributed by atoms with van der Waals surface area (Å²) in [4.78, 5) is 0. The van der Waals surface area contributed by atoms with E-state index in [1.165, 1.54) is 0 Å². The summed E-state index contributed by atoms with van der Waals surface area (Å²) in [6, 6.07) is 0.0895. The SMILES string of the molecule is C=C(C)CNC1COCC1O. The number of nitrogens with one attached hydrogen (secondary N) is 1. The molecular weight excluding hydrogens is 142 g/mol. The highest BCUT2D eigenvalue weighted by atomic mass is 16.5. The van der Waals surface area contributed by atoms with Crippen LogP contribution in [-0.2, 0) is 4.74 Å². The molecule has 0 spiro atoms. The number of hydrogen-bond acceptors (Lipinski definition) is 3. The van der Waals surface area contributed by atoms with Gasteiger partial charge in [0.25, 0.3) is 0 Å². The van der Waals surface area contributed by atoms with E-state index in [1.54, 1.807) is 0 Å². The molecule has 0 aliphatic carbocycles. The van der Waals surface area contributed by atoms with Gasteiger partial charge in [0.15, 0.2) is 0 Å². The van der Waals surface area contributed by atoms with E-state index >= 15 is 0 Å². The maximum atomic E-state index is 9.28. The summed E-state index contributed by atoms with van der Waals surface area (Å²) in [5.74, 6) is 0. The van der Waals surface area contributed by atoms with Crippen molar-refractivity contribution in [2.24, 2.45) is 0 Å². The molecule has 1 saturated heterocycles. The highest BCUT2D eigenvalue weighted by Gasteiger charge is 2.24. The van der Waals surface area contributed by atoms with Gasteiger partial charge in [-0.15, -0.1) is 0 Å². The quantitative estimate of drug-likeness (QED) is 0.563. The average Bonchev–Trinajstić information content (AvgIpc) is 2.31. The van der Waals surface area contributed by atoms with Gasteiger partial charge in [-0.3, -0.25) is 0 Å². The monoisotopic (exact) mass is 157 g/mol. The normalized spacial score (nSPS) is 30.7. The van der Waals surface area contributed by atoms with Gasteiger partial charge in [-0.25, -0.2) is 0 Å². The Morgan fingerprint density at radius 1 is 1.73 bits per heavy atom. The Bertz CT molecular complexity index is 147. The summed E-state index contributed by atoms with van der Waals surface area (Å²) in [7, 11) is 0. The van der Waals surface area contributed by atoms with Crippen LogP contribution in [0.25, 0.3) is 0 Å². The smallest absolute Gasteiger partial charge is 0.0948 e. The summed E-state index contributed by atoms with van der Waals surface area (Å²) in [6.07, 6.45) is -0.352. The van der Waals surface area contributed by atoms with Gasteiger partial charge in [0.1, 0.15) is 0 Å². The predicted octanol–water partition coefficient (Wildman–Crippen LogP) is -0.0882. The van der Waals surface area contributed by atoms with E-state index in [0.29, 0.717) is 13.2 Å². The molecule has 1 aliphatic rings. The summed E-state index contributed by atoms with van der Waals surface area (Å²) in [5, 5.41) is 12.4. The van der Waals surface area contributed by atoms with Crippen LogP contribution in [0.4, 0.5) is 0 Å². The van der Waals surface area contributed by atoms with Gasteiger partial charge in [-0.2, -0.15) is 0 Å². The lowest BCUT2D eigenvalue weighted by Crippen LogP contribution is -2.39. The molecule has 2 atom stereocenters. The summed E-state index contributed by atoms with van der Waals surface area (Å²) >= 11 is 0. The number of hydrogen-bond donors (Lipinski definition) is 2. The van der Waals surface area contributed by atoms with Crippen LogP contribution in [-0.4, -0.2) is 37.0 Å². The summed E-state index contributed by atoms with van der Waals surface area (Å²) in [6.45, 7) is 7.52. The van der Waals surface area contributed by atoms with Crippen LogP contribution in [0, 0.1) is 0 Å². The second kappa shape index (κ2) is 3.85. The van der Waals surface area contributed by atoms with Crippen LogP contribution in [0.5, 0.6) is 0 Å². The maximum absolute atomic E-state index is 9.28. The summed E-state index contributed by atoms with van der Waals surface area (Å²) in [5.41, 5.74) is 1.07. The van der Waals surface area contributed by atoms with Gasteiger partial charge in [0.05, 0.1) is 25.4 Å². The maximum Gasteiger partial charge on any atom is 0.0948 e. The van der Waals surface area contributed by atoms with Crippen LogP contribution >= 0.6 is 0 Å². The van der Waals surface area contributed by atoms with E-state index in [-0.39, 0.29) is 12.1 Å². The zero-order valence-corrected chi connectivity index (χ0v) is 6.84. The van der Waals surface area contributed by atoms with Crippen LogP contribution in [0.3, 0.4) is 0 Å². The second-order valence-corrected chi connectivity index (χ2v) is 3.05.